The van der Waals surface area contributed by atoms with Crippen molar-refractivity contribution in [2.75, 3.05) is 31.5 Å². The number of sulfonamides is 1. The maximum atomic E-state index is 11.6. The lowest BCUT2D eigenvalue weighted by Gasteiger charge is -2.33. The summed E-state index contributed by atoms with van der Waals surface area (Å²) in [6.07, 6.45) is 1.62. The minimum Gasteiger partial charge on any atom is -0.484 e. The zero-order chi connectivity index (χ0) is 23.9. The van der Waals surface area contributed by atoms with Crippen LogP contribution in [0.3, 0.4) is 0 Å². The first-order valence-electron chi connectivity index (χ1n) is 10.8. The number of benzene rings is 1. The minimum absolute atomic E-state index is 0.00712. The molecular formula is C22H24N6O4S2. The maximum Gasteiger partial charge on any atom is 0.238 e. The zero-order valence-corrected chi connectivity index (χ0v) is 20.2. The molecule has 0 unspecified atom stereocenters. The fraction of sp³-hybridized carbons (Fsp3) is 0.318. The molecule has 2 aliphatic rings. The van der Waals surface area contributed by atoms with E-state index in [1.54, 1.807) is 36.6 Å². The first-order chi connectivity index (χ1) is 16.3. The monoisotopic (exact) mass is 500 g/mol. The van der Waals surface area contributed by atoms with Crippen LogP contribution in [-0.2, 0) is 28.0 Å². The molecular weight excluding hydrogens is 476 g/mol. The highest BCUT2D eigenvalue weighted by molar-refractivity contribution is 7.89. The van der Waals surface area contributed by atoms with E-state index in [4.69, 9.17) is 9.88 Å². The summed E-state index contributed by atoms with van der Waals surface area (Å²) < 4.78 is 29.1. The van der Waals surface area contributed by atoms with Crippen molar-refractivity contribution in [2.45, 2.75) is 25.0 Å². The van der Waals surface area contributed by atoms with E-state index in [9.17, 15) is 13.2 Å². The van der Waals surface area contributed by atoms with Gasteiger partial charge in [-0.3, -0.25) is 9.69 Å². The molecule has 0 bridgehead atoms. The Morgan fingerprint density at radius 2 is 2.03 bits per heavy atom. The first kappa shape index (κ1) is 22.7. The standard InChI is InChI=1S/C22H24N6O4S2/c1-14(29)28-7-5-27(6-8-28)12-16-10-18-20(33-16)13-32-19-11-24-22(26-21(18)19)25-15-3-2-4-17(9-15)34(23,30)31/h2-4,9-11H,5-8,12-13H2,1H3,(H2,23,30,31)(H,24,25,26). The van der Waals surface area contributed by atoms with Crippen molar-refractivity contribution < 1.29 is 17.9 Å². The summed E-state index contributed by atoms with van der Waals surface area (Å²) >= 11 is 1.71. The van der Waals surface area contributed by atoms with Gasteiger partial charge in [0.15, 0.2) is 5.75 Å². The predicted octanol–water partition coefficient (Wildman–Crippen LogP) is 2.15. The average molecular weight is 501 g/mol. The van der Waals surface area contributed by atoms with E-state index < -0.39 is 10.0 Å². The summed E-state index contributed by atoms with van der Waals surface area (Å²) in [4.78, 5) is 27.1. The number of thiophene rings is 1. The summed E-state index contributed by atoms with van der Waals surface area (Å²) in [6.45, 7) is 6.10. The second-order valence-electron chi connectivity index (χ2n) is 8.22. The van der Waals surface area contributed by atoms with Crippen LogP contribution in [0.2, 0.25) is 0 Å². The number of hydrogen-bond donors (Lipinski definition) is 2. The fourth-order valence-electron chi connectivity index (χ4n) is 4.06. The molecule has 3 aromatic rings. The number of aromatic nitrogens is 2. The second-order valence-corrected chi connectivity index (χ2v) is 11.0. The zero-order valence-electron chi connectivity index (χ0n) is 18.5. The number of fused-ring (bicyclic) bond motifs is 3. The van der Waals surface area contributed by atoms with Crippen molar-refractivity contribution in [1.29, 1.82) is 0 Å². The molecule has 0 atom stereocenters. The number of ether oxygens (including phenoxy) is 1. The molecule has 10 nitrogen and oxygen atoms in total. The normalized spacial score (nSPS) is 15.9. The number of hydrogen-bond acceptors (Lipinski definition) is 9. The Morgan fingerprint density at radius 1 is 1.24 bits per heavy atom. The highest BCUT2D eigenvalue weighted by Crippen LogP contribution is 2.41. The number of piperazine rings is 1. The van der Waals surface area contributed by atoms with Crippen molar-refractivity contribution in [1.82, 2.24) is 19.8 Å². The Bertz CT molecular complexity index is 1350. The van der Waals surface area contributed by atoms with Crippen LogP contribution in [0.15, 0.2) is 41.4 Å². The molecule has 3 N–H and O–H groups in total. The van der Waals surface area contributed by atoms with E-state index in [-0.39, 0.29) is 10.8 Å². The van der Waals surface area contributed by atoms with Crippen LogP contribution in [0.25, 0.3) is 11.3 Å². The molecule has 1 saturated heterocycles. The number of carbonyl (C=O) groups excluding carboxylic acids is 1. The lowest BCUT2D eigenvalue weighted by molar-refractivity contribution is -0.130. The maximum absolute atomic E-state index is 11.6. The summed E-state index contributed by atoms with van der Waals surface area (Å²) in [6, 6.07) is 8.34. The Labute approximate surface area is 201 Å². The van der Waals surface area contributed by atoms with Crippen LogP contribution in [0.1, 0.15) is 16.7 Å². The summed E-state index contributed by atoms with van der Waals surface area (Å²) in [7, 11) is -3.81. The quantitative estimate of drug-likeness (QED) is 0.545. The SMILES string of the molecule is CC(=O)N1CCN(Cc2cc3c(s2)COc2cnc(Nc4cccc(S(N)(=O)=O)c4)nc2-3)CC1. The molecule has 34 heavy (non-hydrogen) atoms. The van der Waals surface area contributed by atoms with Gasteiger partial charge in [-0.15, -0.1) is 11.3 Å². The fourth-order valence-corrected chi connectivity index (χ4v) is 5.75. The number of primary sulfonamides is 1. The van der Waals surface area contributed by atoms with Gasteiger partial charge in [-0.1, -0.05) is 6.07 Å². The van der Waals surface area contributed by atoms with Crippen molar-refractivity contribution in [3.05, 3.63) is 46.3 Å². The molecule has 1 fully saturated rings. The van der Waals surface area contributed by atoms with Crippen molar-refractivity contribution >= 4 is 38.9 Å². The van der Waals surface area contributed by atoms with E-state index in [2.05, 4.69) is 26.3 Å². The van der Waals surface area contributed by atoms with Gasteiger partial charge >= 0.3 is 0 Å². The second kappa shape index (κ2) is 8.95. The average Bonchev–Trinajstić information content (AvgIpc) is 3.22. The van der Waals surface area contributed by atoms with Gasteiger partial charge in [0.2, 0.25) is 21.9 Å². The largest absolute Gasteiger partial charge is 0.484 e. The Morgan fingerprint density at radius 3 is 2.76 bits per heavy atom. The Balaban J connectivity index is 1.35. The van der Waals surface area contributed by atoms with Crippen LogP contribution in [0.4, 0.5) is 11.6 Å². The summed E-state index contributed by atoms with van der Waals surface area (Å²) in [5, 5.41) is 8.28. The van der Waals surface area contributed by atoms with E-state index in [1.807, 2.05) is 4.90 Å². The summed E-state index contributed by atoms with van der Waals surface area (Å²) in [5.41, 5.74) is 2.23. The predicted molar refractivity (Wildman–Crippen MR) is 128 cm³/mol. The molecule has 4 heterocycles. The topological polar surface area (TPSA) is 131 Å². The third-order valence-electron chi connectivity index (χ3n) is 5.84. The van der Waals surface area contributed by atoms with Crippen molar-refractivity contribution in [2.24, 2.45) is 5.14 Å². The van der Waals surface area contributed by atoms with Gasteiger partial charge in [-0.25, -0.2) is 23.5 Å². The number of nitrogens with one attached hydrogen (secondary N) is 1. The smallest absolute Gasteiger partial charge is 0.238 e. The molecule has 5 rings (SSSR count). The lowest BCUT2D eigenvalue weighted by atomic mass is 10.1. The molecule has 0 aliphatic carbocycles. The molecule has 12 heteroatoms. The molecule has 1 amide bonds. The third-order valence-corrected chi connectivity index (χ3v) is 7.85. The van der Waals surface area contributed by atoms with Gasteiger partial charge in [0.1, 0.15) is 12.3 Å². The van der Waals surface area contributed by atoms with Gasteiger partial charge in [0.25, 0.3) is 0 Å². The number of anilines is 2. The van der Waals surface area contributed by atoms with Crippen molar-refractivity contribution in [3.8, 4) is 17.0 Å². The van der Waals surface area contributed by atoms with Gasteiger partial charge < -0.3 is 15.0 Å². The van der Waals surface area contributed by atoms with E-state index in [0.717, 1.165) is 43.2 Å². The van der Waals surface area contributed by atoms with E-state index >= 15 is 0 Å². The van der Waals surface area contributed by atoms with Gasteiger partial charge in [0, 0.05) is 55.8 Å². The number of amides is 1. The number of nitrogens with two attached hydrogens (primary N) is 1. The highest BCUT2D eigenvalue weighted by atomic mass is 32.2. The van der Waals surface area contributed by atoms with E-state index in [1.165, 1.54) is 17.0 Å². The molecule has 0 radical (unpaired) electrons. The van der Waals surface area contributed by atoms with E-state index in [0.29, 0.717) is 29.7 Å². The molecule has 178 valence electrons. The number of rotatable bonds is 5. The summed E-state index contributed by atoms with van der Waals surface area (Å²) in [5.74, 6) is 1.06. The molecule has 2 aliphatic heterocycles. The lowest BCUT2D eigenvalue weighted by Crippen LogP contribution is -2.47. The molecule has 1 aromatic carbocycles. The third kappa shape index (κ3) is 4.75. The van der Waals surface area contributed by atoms with Crippen LogP contribution in [0.5, 0.6) is 5.75 Å². The van der Waals surface area contributed by atoms with Crippen LogP contribution in [0, 0.1) is 0 Å². The van der Waals surface area contributed by atoms with Crippen LogP contribution >= 0.6 is 11.3 Å². The Hall–Kier alpha value is -3.06. The van der Waals surface area contributed by atoms with Gasteiger partial charge in [0.05, 0.1) is 16.0 Å². The minimum atomic E-state index is -3.81. The Kier molecular flexibility index (Phi) is 5.98. The number of carbonyl (C=O) groups is 1. The van der Waals surface area contributed by atoms with Crippen molar-refractivity contribution in [3.63, 3.8) is 0 Å². The van der Waals surface area contributed by atoms with Crippen LogP contribution in [-0.4, -0.2) is 60.3 Å². The molecule has 0 spiro atoms. The van der Waals surface area contributed by atoms with Gasteiger partial charge in [-0.2, -0.15) is 0 Å². The highest BCUT2D eigenvalue weighted by Gasteiger charge is 2.25. The number of nitrogens with zero attached hydrogens (tertiary/aromatic N) is 4. The van der Waals surface area contributed by atoms with Crippen LogP contribution < -0.4 is 15.2 Å². The van der Waals surface area contributed by atoms with Gasteiger partial charge in [-0.05, 0) is 24.3 Å². The molecule has 0 saturated carbocycles. The molecule has 2 aromatic heterocycles. The first-order valence-corrected chi connectivity index (χ1v) is 13.1.